The minimum atomic E-state index is -0.881. The molecule has 0 saturated heterocycles. The van der Waals surface area contributed by atoms with Crippen molar-refractivity contribution in [2.75, 3.05) is 11.4 Å². The number of carboxylic acid groups (broad SMARTS) is 1. The van der Waals surface area contributed by atoms with Gasteiger partial charge >= 0.3 is 5.97 Å². The molecule has 0 atom stereocenters. The van der Waals surface area contributed by atoms with Gasteiger partial charge in [0.2, 0.25) is 0 Å². The fourth-order valence-corrected chi connectivity index (χ4v) is 3.69. The lowest BCUT2D eigenvalue weighted by Crippen LogP contribution is -2.30. The standard InChI is InChI=1S/C17H15N3O3S/c21-17(22)13-3-1-5-14-12(13)4-2-7-20(14)9-15-18-16(23-19-15)11-6-8-24-10-11/h1,3,5-6,8,10H,2,4,7,9H2,(H,21,22). The largest absolute Gasteiger partial charge is 0.478 e. The van der Waals surface area contributed by atoms with Crippen molar-refractivity contribution in [3.05, 3.63) is 52.0 Å². The van der Waals surface area contributed by atoms with Gasteiger partial charge in [0.25, 0.3) is 5.89 Å². The summed E-state index contributed by atoms with van der Waals surface area (Å²) >= 11 is 1.58. The maximum atomic E-state index is 11.4. The van der Waals surface area contributed by atoms with Gasteiger partial charge in [0, 0.05) is 17.6 Å². The van der Waals surface area contributed by atoms with Crippen molar-refractivity contribution < 1.29 is 14.4 Å². The molecule has 6 nitrogen and oxygen atoms in total. The molecule has 1 aliphatic rings. The smallest absolute Gasteiger partial charge is 0.336 e. The highest BCUT2D eigenvalue weighted by molar-refractivity contribution is 7.08. The second-order valence-electron chi connectivity index (χ2n) is 5.66. The molecule has 1 N–H and O–H groups in total. The quantitative estimate of drug-likeness (QED) is 0.783. The molecular formula is C17H15N3O3S. The van der Waals surface area contributed by atoms with Gasteiger partial charge in [-0.2, -0.15) is 16.3 Å². The molecule has 0 spiro atoms. The lowest BCUT2D eigenvalue weighted by molar-refractivity contribution is 0.0695. The maximum Gasteiger partial charge on any atom is 0.336 e. The molecule has 1 aliphatic heterocycles. The summed E-state index contributed by atoms with van der Waals surface area (Å²) < 4.78 is 5.33. The van der Waals surface area contributed by atoms with E-state index in [1.165, 1.54) is 0 Å². The molecule has 0 radical (unpaired) electrons. The van der Waals surface area contributed by atoms with Crippen LogP contribution < -0.4 is 4.90 Å². The van der Waals surface area contributed by atoms with Crippen molar-refractivity contribution in [3.63, 3.8) is 0 Å². The van der Waals surface area contributed by atoms with Crippen molar-refractivity contribution >= 4 is 23.0 Å². The summed E-state index contributed by atoms with van der Waals surface area (Å²) in [6.07, 6.45) is 1.69. The predicted octanol–water partition coefficient (Wildman–Crippen LogP) is 3.45. The number of carbonyl (C=O) groups is 1. The van der Waals surface area contributed by atoms with E-state index in [2.05, 4.69) is 15.0 Å². The lowest BCUT2D eigenvalue weighted by atomic mass is 9.96. The number of aromatic carboxylic acids is 1. The Hall–Kier alpha value is -2.67. The first-order chi connectivity index (χ1) is 11.7. The van der Waals surface area contributed by atoms with Crippen LogP contribution in [0.1, 0.15) is 28.2 Å². The van der Waals surface area contributed by atoms with Gasteiger partial charge in [0.05, 0.1) is 17.7 Å². The van der Waals surface area contributed by atoms with Gasteiger partial charge < -0.3 is 14.5 Å². The molecule has 1 aromatic carbocycles. The second-order valence-corrected chi connectivity index (χ2v) is 6.44. The number of thiophene rings is 1. The Bertz CT molecular complexity index is 873. The summed E-state index contributed by atoms with van der Waals surface area (Å²) in [5, 5.41) is 17.4. The number of hydrogen-bond donors (Lipinski definition) is 1. The zero-order valence-electron chi connectivity index (χ0n) is 12.8. The van der Waals surface area contributed by atoms with Crippen LogP contribution >= 0.6 is 11.3 Å². The summed E-state index contributed by atoms with van der Waals surface area (Å²) in [4.78, 5) is 18.0. The Morgan fingerprint density at radius 3 is 3.08 bits per heavy atom. The number of fused-ring (bicyclic) bond motifs is 1. The zero-order valence-corrected chi connectivity index (χ0v) is 13.6. The molecule has 0 unspecified atom stereocenters. The van der Waals surface area contributed by atoms with Crippen molar-refractivity contribution in [2.45, 2.75) is 19.4 Å². The topological polar surface area (TPSA) is 79.5 Å². The molecule has 24 heavy (non-hydrogen) atoms. The molecule has 3 heterocycles. The van der Waals surface area contributed by atoms with Crippen molar-refractivity contribution in [1.82, 2.24) is 10.1 Å². The van der Waals surface area contributed by atoms with E-state index in [1.54, 1.807) is 23.5 Å². The SMILES string of the molecule is O=C(O)c1cccc2c1CCCN2Cc1noc(-c2ccsc2)n1. The summed E-state index contributed by atoms with van der Waals surface area (Å²) in [5.41, 5.74) is 3.14. The molecule has 7 heteroatoms. The van der Waals surface area contributed by atoms with Crippen LogP contribution in [0.15, 0.2) is 39.5 Å². The van der Waals surface area contributed by atoms with E-state index in [-0.39, 0.29) is 0 Å². The average molecular weight is 341 g/mol. The van der Waals surface area contributed by atoms with Crippen LogP contribution in [-0.2, 0) is 13.0 Å². The lowest BCUT2D eigenvalue weighted by Gasteiger charge is -2.31. The van der Waals surface area contributed by atoms with Gasteiger partial charge in [0.15, 0.2) is 5.82 Å². The number of nitrogens with zero attached hydrogens (tertiary/aromatic N) is 3. The summed E-state index contributed by atoms with van der Waals surface area (Å²) in [6.45, 7) is 1.35. The third-order valence-electron chi connectivity index (χ3n) is 4.15. The first-order valence-corrected chi connectivity index (χ1v) is 8.62. The zero-order chi connectivity index (χ0) is 16.5. The number of benzene rings is 1. The fraction of sp³-hybridized carbons (Fsp3) is 0.235. The number of hydrogen-bond acceptors (Lipinski definition) is 6. The first-order valence-electron chi connectivity index (χ1n) is 7.67. The molecule has 3 aromatic rings. The van der Waals surface area contributed by atoms with Crippen LogP contribution in [0.4, 0.5) is 5.69 Å². The minimum absolute atomic E-state index is 0.379. The Morgan fingerprint density at radius 2 is 2.29 bits per heavy atom. The number of aromatic nitrogens is 2. The van der Waals surface area contributed by atoms with Crippen LogP contribution in [0.5, 0.6) is 0 Å². The van der Waals surface area contributed by atoms with Gasteiger partial charge in [-0.25, -0.2) is 4.79 Å². The molecule has 0 amide bonds. The molecule has 0 saturated carbocycles. The fourth-order valence-electron chi connectivity index (χ4n) is 3.06. The van der Waals surface area contributed by atoms with E-state index in [0.717, 1.165) is 36.2 Å². The number of carboxylic acids is 1. The Morgan fingerprint density at radius 1 is 1.38 bits per heavy atom. The Balaban J connectivity index is 1.61. The summed E-state index contributed by atoms with van der Waals surface area (Å²) in [7, 11) is 0. The van der Waals surface area contributed by atoms with Crippen molar-refractivity contribution in [3.8, 4) is 11.5 Å². The van der Waals surface area contributed by atoms with Gasteiger partial charge in [-0.15, -0.1) is 0 Å². The highest BCUT2D eigenvalue weighted by Crippen LogP contribution is 2.31. The van der Waals surface area contributed by atoms with E-state index < -0.39 is 5.97 Å². The first kappa shape index (κ1) is 14.9. The van der Waals surface area contributed by atoms with E-state index in [0.29, 0.717) is 23.8 Å². The van der Waals surface area contributed by atoms with Gasteiger partial charge in [-0.05, 0) is 42.0 Å². The third kappa shape index (κ3) is 2.67. The molecule has 0 fully saturated rings. The van der Waals surface area contributed by atoms with E-state index in [1.807, 2.05) is 22.9 Å². The highest BCUT2D eigenvalue weighted by Gasteiger charge is 2.23. The van der Waals surface area contributed by atoms with Crippen molar-refractivity contribution in [2.24, 2.45) is 0 Å². The third-order valence-corrected chi connectivity index (χ3v) is 4.83. The molecule has 4 rings (SSSR count). The van der Waals surface area contributed by atoms with Crippen LogP contribution in [0.3, 0.4) is 0 Å². The molecule has 0 bridgehead atoms. The molecule has 2 aromatic heterocycles. The Kier molecular flexibility index (Phi) is 3.78. The molecule has 122 valence electrons. The minimum Gasteiger partial charge on any atom is -0.478 e. The van der Waals surface area contributed by atoms with Crippen LogP contribution in [-0.4, -0.2) is 27.8 Å². The van der Waals surface area contributed by atoms with Crippen LogP contribution in [0, 0.1) is 0 Å². The summed E-state index contributed by atoms with van der Waals surface area (Å²) in [6, 6.07) is 7.35. The predicted molar refractivity (Wildman–Crippen MR) is 90.4 cm³/mol. The van der Waals surface area contributed by atoms with Crippen LogP contribution in [0.25, 0.3) is 11.5 Å². The van der Waals surface area contributed by atoms with Crippen molar-refractivity contribution in [1.29, 1.82) is 0 Å². The van der Waals surface area contributed by atoms with E-state index >= 15 is 0 Å². The van der Waals surface area contributed by atoms with Gasteiger partial charge in [0.1, 0.15) is 0 Å². The van der Waals surface area contributed by atoms with Gasteiger partial charge in [-0.3, -0.25) is 0 Å². The second kappa shape index (κ2) is 6.09. The van der Waals surface area contributed by atoms with Crippen LogP contribution in [0.2, 0.25) is 0 Å². The van der Waals surface area contributed by atoms with E-state index in [9.17, 15) is 9.90 Å². The number of rotatable bonds is 4. The monoisotopic (exact) mass is 341 g/mol. The van der Waals surface area contributed by atoms with Gasteiger partial charge in [-0.1, -0.05) is 11.2 Å². The van der Waals surface area contributed by atoms with E-state index in [4.69, 9.17) is 4.52 Å². The average Bonchev–Trinajstić information content (AvgIpc) is 3.25. The molecular weight excluding hydrogens is 326 g/mol. The normalized spacial score (nSPS) is 13.8. The molecule has 0 aliphatic carbocycles. The highest BCUT2D eigenvalue weighted by atomic mass is 32.1. The Labute approximate surface area is 142 Å². The maximum absolute atomic E-state index is 11.4. The summed E-state index contributed by atoms with van der Waals surface area (Å²) in [5.74, 6) is 0.237. The number of anilines is 1.